The lowest BCUT2D eigenvalue weighted by Crippen LogP contribution is -2.50. The summed E-state index contributed by atoms with van der Waals surface area (Å²) in [4.78, 5) is 14.4. The lowest BCUT2D eigenvalue weighted by molar-refractivity contribution is -0.138. The number of hydrogen-bond acceptors (Lipinski definition) is 3. The van der Waals surface area contributed by atoms with Gasteiger partial charge in [-0.1, -0.05) is 19.1 Å². The van der Waals surface area contributed by atoms with Gasteiger partial charge in [0.25, 0.3) is 0 Å². The second-order valence-electron chi connectivity index (χ2n) is 6.90. The number of rotatable bonds is 6. The fourth-order valence-corrected chi connectivity index (χ4v) is 3.13. The molecule has 154 valence electrons. The van der Waals surface area contributed by atoms with E-state index >= 15 is 0 Å². The third kappa shape index (κ3) is 4.89. The van der Waals surface area contributed by atoms with Gasteiger partial charge in [-0.3, -0.25) is 4.79 Å². The topological polar surface area (TPSA) is 45.5 Å². The van der Waals surface area contributed by atoms with E-state index in [4.69, 9.17) is 4.42 Å². The van der Waals surface area contributed by atoms with Gasteiger partial charge in [0.05, 0.1) is 12.1 Å². The van der Waals surface area contributed by atoms with Gasteiger partial charge in [-0.2, -0.15) is 13.2 Å². The predicted octanol–water partition coefficient (Wildman–Crippen LogP) is 4.59. The largest absolute Gasteiger partial charge is 0.459 e. The second kappa shape index (κ2) is 9.01. The molecule has 1 aromatic heterocycles. The van der Waals surface area contributed by atoms with E-state index in [1.54, 1.807) is 17.0 Å². The van der Waals surface area contributed by atoms with Crippen LogP contribution in [0.1, 0.15) is 25.2 Å². The SMILES string of the molecule is CCN(Cc1ccc(-c2ccc(C(F)(F)F)cc2)o1)C(=O)C(C)C1CNC1.Cl. The van der Waals surface area contributed by atoms with Crippen molar-refractivity contribution >= 4 is 18.3 Å². The van der Waals surface area contributed by atoms with Gasteiger partial charge in [-0.25, -0.2) is 0 Å². The van der Waals surface area contributed by atoms with Crippen LogP contribution < -0.4 is 5.32 Å². The maximum atomic E-state index is 12.7. The summed E-state index contributed by atoms with van der Waals surface area (Å²) in [5, 5.41) is 3.18. The molecule has 0 bridgehead atoms. The Morgan fingerprint density at radius 1 is 1.21 bits per heavy atom. The number of carbonyl (C=O) groups excluding carboxylic acids is 1. The zero-order valence-electron chi connectivity index (χ0n) is 15.8. The number of benzene rings is 1. The lowest BCUT2D eigenvalue weighted by atomic mass is 9.88. The van der Waals surface area contributed by atoms with E-state index in [9.17, 15) is 18.0 Å². The highest BCUT2D eigenvalue weighted by Gasteiger charge is 2.32. The van der Waals surface area contributed by atoms with Crippen LogP contribution in [0.4, 0.5) is 13.2 Å². The van der Waals surface area contributed by atoms with Crippen LogP contribution in [0.15, 0.2) is 40.8 Å². The van der Waals surface area contributed by atoms with Crippen LogP contribution in [0, 0.1) is 11.8 Å². The number of carbonyl (C=O) groups is 1. The molecular weight excluding hydrogens is 393 g/mol. The third-order valence-corrected chi connectivity index (χ3v) is 5.11. The predicted molar refractivity (Wildman–Crippen MR) is 103 cm³/mol. The first-order valence-corrected chi connectivity index (χ1v) is 9.05. The number of nitrogens with zero attached hydrogens (tertiary/aromatic N) is 1. The summed E-state index contributed by atoms with van der Waals surface area (Å²) >= 11 is 0. The van der Waals surface area contributed by atoms with Crippen molar-refractivity contribution in [2.45, 2.75) is 26.6 Å². The van der Waals surface area contributed by atoms with E-state index in [1.165, 1.54) is 12.1 Å². The van der Waals surface area contributed by atoms with E-state index in [1.807, 2.05) is 13.8 Å². The average Bonchev–Trinajstić information content (AvgIpc) is 3.05. The minimum absolute atomic E-state index is 0. The molecule has 1 aliphatic heterocycles. The van der Waals surface area contributed by atoms with Gasteiger partial charge in [0.15, 0.2) is 0 Å². The van der Waals surface area contributed by atoms with Gasteiger partial charge in [-0.15, -0.1) is 12.4 Å². The molecule has 1 amide bonds. The van der Waals surface area contributed by atoms with Gasteiger partial charge in [-0.05, 0) is 50.2 Å². The van der Waals surface area contributed by atoms with Crippen LogP contribution in [-0.2, 0) is 17.5 Å². The molecule has 2 aromatic rings. The summed E-state index contributed by atoms with van der Waals surface area (Å²) in [5.41, 5.74) is -0.127. The Morgan fingerprint density at radius 2 is 1.86 bits per heavy atom. The highest BCUT2D eigenvalue weighted by molar-refractivity contribution is 5.85. The molecule has 2 heterocycles. The van der Waals surface area contributed by atoms with Gasteiger partial charge in [0.2, 0.25) is 5.91 Å². The zero-order chi connectivity index (χ0) is 19.6. The van der Waals surface area contributed by atoms with Crippen molar-refractivity contribution in [3.05, 3.63) is 47.7 Å². The summed E-state index contributed by atoms with van der Waals surface area (Å²) in [6.45, 7) is 6.52. The van der Waals surface area contributed by atoms with Gasteiger partial charge in [0, 0.05) is 18.0 Å². The van der Waals surface area contributed by atoms with Crippen molar-refractivity contribution in [1.82, 2.24) is 10.2 Å². The number of furan rings is 1. The molecule has 1 saturated heterocycles. The normalized spacial score (nSPS) is 15.5. The number of amides is 1. The zero-order valence-corrected chi connectivity index (χ0v) is 16.6. The maximum Gasteiger partial charge on any atom is 0.416 e. The summed E-state index contributed by atoms with van der Waals surface area (Å²) in [7, 11) is 0. The molecule has 1 aliphatic rings. The first kappa shape index (κ1) is 22.3. The van der Waals surface area contributed by atoms with Crippen LogP contribution in [0.3, 0.4) is 0 Å². The first-order chi connectivity index (χ1) is 12.8. The molecule has 3 rings (SSSR count). The van der Waals surface area contributed by atoms with Crippen molar-refractivity contribution in [1.29, 1.82) is 0 Å². The maximum absolute atomic E-state index is 12.7. The Morgan fingerprint density at radius 3 is 2.36 bits per heavy atom. The highest BCUT2D eigenvalue weighted by Crippen LogP contribution is 2.31. The Kier molecular flexibility index (Phi) is 7.17. The number of nitrogens with one attached hydrogen (secondary N) is 1. The Balaban J connectivity index is 0.00000280. The summed E-state index contributed by atoms with van der Waals surface area (Å²) in [6.07, 6.45) is -4.36. The number of alkyl halides is 3. The van der Waals surface area contributed by atoms with Crippen molar-refractivity contribution in [2.24, 2.45) is 11.8 Å². The van der Waals surface area contributed by atoms with Crippen molar-refractivity contribution < 1.29 is 22.4 Å². The number of hydrogen-bond donors (Lipinski definition) is 1. The van der Waals surface area contributed by atoms with E-state index in [-0.39, 0.29) is 24.2 Å². The second-order valence-corrected chi connectivity index (χ2v) is 6.90. The smallest absolute Gasteiger partial charge is 0.416 e. The van der Waals surface area contributed by atoms with Crippen LogP contribution in [-0.4, -0.2) is 30.4 Å². The summed E-state index contributed by atoms with van der Waals surface area (Å²) < 4.78 is 43.8. The molecule has 0 radical (unpaired) electrons. The van der Waals surface area contributed by atoms with Crippen molar-refractivity contribution in [2.75, 3.05) is 19.6 Å². The monoisotopic (exact) mass is 416 g/mol. The van der Waals surface area contributed by atoms with E-state index < -0.39 is 11.7 Å². The molecule has 1 aromatic carbocycles. The quantitative estimate of drug-likeness (QED) is 0.749. The molecule has 4 nitrogen and oxygen atoms in total. The molecular formula is C20H24ClF3N2O2. The van der Waals surface area contributed by atoms with Crippen LogP contribution in [0.2, 0.25) is 0 Å². The molecule has 1 unspecified atom stereocenters. The summed E-state index contributed by atoms with van der Waals surface area (Å²) in [5.74, 6) is 1.51. The Bertz CT molecular complexity index is 785. The van der Waals surface area contributed by atoms with E-state index in [0.717, 1.165) is 25.2 Å². The average molecular weight is 417 g/mol. The fourth-order valence-electron chi connectivity index (χ4n) is 3.13. The molecule has 0 aliphatic carbocycles. The molecule has 8 heteroatoms. The van der Waals surface area contributed by atoms with Gasteiger partial charge in [0.1, 0.15) is 11.5 Å². The van der Waals surface area contributed by atoms with E-state index in [0.29, 0.717) is 36.1 Å². The molecule has 0 spiro atoms. The van der Waals surface area contributed by atoms with Crippen LogP contribution in [0.5, 0.6) is 0 Å². The van der Waals surface area contributed by atoms with Crippen LogP contribution >= 0.6 is 12.4 Å². The minimum atomic E-state index is -4.36. The Labute approximate surface area is 168 Å². The summed E-state index contributed by atoms with van der Waals surface area (Å²) in [6, 6.07) is 8.33. The number of halogens is 4. The fraction of sp³-hybridized carbons (Fsp3) is 0.450. The molecule has 1 N–H and O–H groups in total. The highest BCUT2D eigenvalue weighted by atomic mass is 35.5. The molecule has 1 atom stereocenters. The standard InChI is InChI=1S/C20H23F3N2O2.ClH/c1-3-25(19(26)13(2)15-10-24-11-15)12-17-8-9-18(27-17)14-4-6-16(7-5-14)20(21,22)23;/h4-9,13,15,24H,3,10-12H2,1-2H3;1H. The van der Waals surface area contributed by atoms with Gasteiger partial charge >= 0.3 is 6.18 Å². The molecule has 0 saturated carbocycles. The van der Waals surface area contributed by atoms with Crippen molar-refractivity contribution in [3.8, 4) is 11.3 Å². The minimum Gasteiger partial charge on any atom is -0.459 e. The van der Waals surface area contributed by atoms with E-state index in [2.05, 4.69) is 5.32 Å². The van der Waals surface area contributed by atoms with Crippen molar-refractivity contribution in [3.63, 3.8) is 0 Å². The van der Waals surface area contributed by atoms with Crippen LogP contribution in [0.25, 0.3) is 11.3 Å². The Hall–Kier alpha value is -1.99. The molecule has 28 heavy (non-hydrogen) atoms. The third-order valence-electron chi connectivity index (χ3n) is 5.11. The first-order valence-electron chi connectivity index (χ1n) is 9.05. The van der Waals surface area contributed by atoms with Gasteiger partial charge < -0.3 is 14.6 Å². The lowest BCUT2D eigenvalue weighted by Gasteiger charge is -2.34. The molecule has 1 fully saturated rings.